The van der Waals surface area contributed by atoms with Gasteiger partial charge in [0, 0.05) is 10.6 Å². The van der Waals surface area contributed by atoms with Gasteiger partial charge in [-0.1, -0.05) is 23.7 Å². The molecule has 20 heavy (non-hydrogen) atoms. The number of hydrogen-bond acceptors (Lipinski definition) is 2. The predicted octanol–water partition coefficient (Wildman–Crippen LogP) is 4.72. The van der Waals surface area contributed by atoms with E-state index in [2.05, 4.69) is 19.1 Å². The largest absolute Gasteiger partial charge is 0.489 e. The molecule has 0 N–H and O–H groups in total. The van der Waals surface area contributed by atoms with E-state index in [1.54, 1.807) is 12.1 Å². The lowest BCUT2D eigenvalue weighted by atomic mass is 10.1. The number of nitrogens with zero attached hydrogens (tertiary/aromatic N) is 1. The first-order valence-corrected chi connectivity index (χ1v) is 6.78. The molecule has 2 aromatic carbocycles. The molecule has 0 aliphatic heterocycles. The topological polar surface area (TPSA) is 33.0 Å². The number of nitriles is 1. The molecule has 102 valence electrons. The van der Waals surface area contributed by atoms with Crippen LogP contribution < -0.4 is 4.74 Å². The maximum absolute atomic E-state index is 8.82. The monoisotopic (exact) mass is 285 g/mol. The summed E-state index contributed by atoms with van der Waals surface area (Å²) in [5.74, 6) is 0.878. The van der Waals surface area contributed by atoms with Crippen molar-refractivity contribution in [3.8, 4) is 11.8 Å². The average Bonchev–Trinajstić information content (AvgIpc) is 2.42. The van der Waals surface area contributed by atoms with Gasteiger partial charge >= 0.3 is 0 Å². The molecule has 0 heterocycles. The number of halogens is 1. The van der Waals surface area contributed by atoms with Gasteiger partial charge in [0.2, 0.25) is 0 Å². The van der Waals surface area contributed by atoms with Gasteiger partial charge in [-0.25, -0.2) is 0 Å². The smallest absolute Gasteiger partial charge is 0.123 e. The Morgan fingerprint density at radius 3 is 2.55 bits per heavy atom. The van der Waals surface area contributed by atoms with Crippen molar-refractivity contribution in [1.82, 2.24) is 0 Å². The first kappa shape index (κ1) is 14.4. The number of benzene rings is 2. The Hall–Kier alpha value is -1.98. The van der Waals surface area contributed by atoms with Crippen LogP contribution in [0.5, 0.6) is 5.75 Å². The Morgan fingerprint density at radius 1 is 1.15 bits per heavy atom. The van der Waals surface area contributed by atoms with Gasteiger partial charge in [0.1, 0.15) is 12.4 Å². The van der Waals surface area contributed by atoms with Gasteiger partial charge in [-0.05, 0) is 55.7 Å². The van der Waals surface area contributed by atoms with Gasteiger partial charge in [-0.15, -0.1) is 0 Å². The molecule has 0 atom stereocenters. The van der Waals surface area contributed by atoms with Crippen molar-refractivity contribution < 1.29 is 4.74 Å². The molecular weight excluding hydrogens is 270 g/mol. The number of ether oxygens (including phenoxy) is 1. The molecule has 0 aromatic heterocycles. The molecule has 0 spiro atoms. The summed E-state index contributed by atoms with van der Waals surface area (Å²) in [6.45, 7) is 6.57. The number of hydrogen-bond donors (Lipinski definition) is 0. The molecule has 0 aliphatic rings. The maximum atomic E-state index is 8.82. The standard InChI is InChI=1S/C17H16ClNO/c1-11-6-12(2)13(3)17(7-11)20-10-15-5-4-14(9-19)8-16(15)18/h4-8H,10H2,1-3H3. The Bertz CT molecular complexity index is 686. The molecule has 0 radical (unpaired) electrons. The minimum atomic E-state index is 0.397. The first-order valence-electron chi connectivity index (χ1n) is 6.40. The molecule has 2 nitrogen and oxygen atoms in total. The second-order valence-electron chi connectivity index (χ2n) is 4.91. The summed E-state index contributed by atoms with van der Waals surface area (Å²) < 4.78 is 5.87. The van der Waals surface area contributed by atoms with Gasteiger partial charge in [0.05, 0.1) is 11.6 Å². The second-order valence-corrected chi connectivity index (χ2v) is 5.32. The third-order valence-electron chi connectivity index (χ3n) is 3.33. The first-order chi connectivity index (χ1) is 9.51. The fourth-order valence-electron chi connectivity index (χ4n) is 2.04. The van der Waals surface area contributed by atoms with Crippen molar-refractivity contribution in [3.05, 3.63) is 63.2 Å². The van der Waals surface area contributed by atoms with Gasteiger partial charge in [-0.2, -0.15) is 5.26 Å². The Kier molecular flexibility index (Phi) is 4.32. The van der Waals surface area contributed by atoms with E-state index in [1.165, 1.54) is 11.1 Å². The van der Waals surface area contributed by atoms with Crippen LogP contribution in [0, 0.1) is 32.1 Å². The SMILES string of the molecule is Cc1cc(C)c(C)c(OCc2ccc(C#N)cc2Cl)c1. The Labute approximate surface area is 124 Å². The summed E-state index contributed by atoms with van der Waals surface area (Å²) in [6, 6.07) is 11.5. The Morgan fingerprint density at radius 2 is 1.90 bits per heavy atom. The highest BCUT2D eigenvalue weighted by Gasteiger charge is 2.07. The molecule has 0 saturated carbocycles. The molecule has 2 rings (SSSR count). The lowest BCUT2D eigenvalue weighted by Crippen LogP contribution is -1.99. The van der Waals surface area contributed by atoms with Gasteiger partial charge in [0.25, 0.3) is 0 Å². The van der Waals surface area contributed by atoms with Crippen molar-refractivity contribution in [2.24, 2.45) is 0 Å². The van der Waals surface area contributed by atoms with E-state index in [0.717, 1.165) is 16.9 Å². The highest BCUT2D eigenvalue weighted by atomic mass is 35.5. The van der Waals surface area contributed by atoms with E-state index in [0.29, 0.717) is 17.2 Å². The zero-order chi connectivity index (χ0) is 14.7. The Balaban J connectivity index is 2.19. The van der Waals surface area contributed by atoms with E-state index < -0.39 is 0 Å². The van der Waals surface area contributed by atoms with E-state index in [4.69, 9.17) is 21.6 Å². The van der Waals surface area contributed by atoms with E-state index >= 15 is 0 Å². The summed E-state index contributed by atoms with van der Waals surface area (Å²) >= 11 is 6.15. The molecule has 0 saturated heterocycles. The third kappa shape index (κ3) is 3.12. The van der Waals surface area contributed by atoms with Crippen LogP contribution in [0.3, 0.4) is 0 Å². The summed E-state index contributed by atoms with van der Waals surface area (Å²) in [5.41, 5.74) is 4.96. The number of rotatable bonds is 3. The fourth-order valence-corrected chi connectivity index (χ4v) is 2.28. The maximum Gasteiger partial charge on any atom is 0.123 e. The predicted molar refractivity (Wildman–Crippen MR) is 81.2 cm³/mol. The second kappa shape index (κ2) is 5.98. The molecule has 0 bridgehead atoms. The molecule has 0 unspecified atom stereocenters. The molecule has 2 aromatic rings. The summed E-state index contributed by atoms with van der Waals surface area (Å²) in [4.78, 5) is 0. The fraction of sp³-hybridized carbons (Fsp3) is 0.235. The average molecular weight is 286 g/mol. The van der Waals surface area contributed by atoms with Crippen LogP contribution in [0.15, 0.2) is 30.3 Å². The highest BCUT2D eigenvalue weighted by molar-refractivity contribution is 6.31. The van der Waals surface area contributed by atoms with Crippen LogP contribution in [0.25, 0.3) is 0 Å². The van der Waals surface area contributed by atoms with Crippen LogP contribution in [0.2, 0.25) is 5.02 Å². The quantitative estimate of drug-likeness (QED) is 0.818. The van der Waals surface area contributed by atoms with Crippen molar-refractivity contribution in [2.45, 2.75) is 27.4 Å². The molecule has 0 fully saturated rings. The van der Waals surface area contributed by atoms with Crippen LogP contribution in [-0.2, 0) is 6.61 Å². The summed E-state index contributed by atoms with van der Waals surface area (Å²) in [5, 5.41) is 9.38. The molecule has 3 heteroatoms. The number of aryl methyl sites for hydroxylation is 2. The minimum absolute atomic E-state index is 0.397. The van der Waals surface area contributed by atoms with Crippen LogP contribution in [-0.4, -0.2) is 0 Å². The molecule has 0 aliphatic carbocycles. The molecule has 0 amide bonds. The van der Waals surface area contributed by atoms with Crippen LogP contribution in [0.4, 0.5) is 0 Å². The van der Waals surface area contributed by atoms with E-state index in [-0.39, 0.29) is 0 Å². The van der Waals surface area contributed by atoms with E-state index in [9.17, 15) is 0 Å². The lowest BCUT2D eigenvalue weighted by molar-refractivity contribution is 0.303. The molecular formula is C17H16ClNO. The zero-order valence-corrected chi connectivity index (χ0v) is 12.6. The highest BCUT2D eigenvalue weighted by Crippen LogP contribution is 2.25. The van der Waals surface area contributed by atoms with Crippen LogP contribution in [0.1, 0.15) is 27.8 Å². The third-order valence-corrected chi connectivity index (χ3v) is 3.68. The van der Waals surface area contributed by atoms with Crippen molar-refractivity contribution in [2.75, 3.05) is 0 Å². The van der Waals surface area contributed by atoms with Crippen molar-refractivity contribution in [3.63, 3.8) is 0 Å². The van der Waals surface area contributed by atoms with E-state index in [1.807, 2.05) is 26.0 Å². The summed E-state index contributed by atoms with van der Waals surface area (Å²) in [7, 11) is 0. The lowest BCUT2D eigenvalue weighted by Gasteiger charge is -2.13. The zero-order valence-electron chi connectivity index (χ0n) is 11.8. The normalized spacial score (nSPS) is 10.2. The van der Waals surface area contributed by atoms with Crippen molar-refractivity contribution in [1.29, 1.82) is 5.26 Å². The van der Waals surface area contributed by atoms with Gasteiger partial charge in [0.15, 0.2) is 0 Å². The van der Waals surface area contributed by atoms with Gasteiger partial charge < -0.3 is 4.74 Å². The minimum Gasteiger partial charge on any atom is -0.489 e. The van der Waals surface area contributed by atoms with Crippen LogP contribution >= 0.6 is 11.6 Å². The van der Waals surface area contributed by atoms with Gasteiger partial charge in [-0.3, -0.25) is 0 Å². The summed E-state index contributed by atoms with van der Waals surface area (Å²) in [6.07, 6.45) is 0. The van der Waals surface area contributed by atoms with Crippen molar-refractivity contribution >= 4 is 11.6 Å².